The molecule has 0 aliphatic heterocycles. The first-order valence-electron chi connectivity index (χ1n) is 3.10. The van der Waals surface area contributed by atoms with E-state index < -0.39 is 23.8 Å². The SMILES string of the molecule is C=CC(C(=O)O)C(=O)O.CC(=O)O. The van der Waals surface area contributed by atoms with Gasteiger partial charge in [-0.3, -0.25) is 14.4 Å². The zero-order valence-corrected chi connectivity index (χ0v) is 6.93. The van der Waals surface area contributed by atoms with Crippen molar-refractivity contribution in [2.45, 2.75) is 6.92 Å². The molecule has 0 heterocycles. The summed E-state index contributed by atoms with van der Waals surface area (Å²) in [7, 11) is 0. The summed E-state index contributed by atoms with van der Waals surface area (Å²) in [5.41, 5.74) is 0. The lowest BCUT2D eigenvalue weighted by molar-refractivity contribution is -0.152. The third kappa shape index (κ3) is 10.2. The predicted octanol–water partition coefficient (Wildman–Crippen LogP) is 0.0487. The van der Waals surface area contributed by atoms with Crippen molar-refractivity contribution in [2.75, 3.05) is 0 Å². The van der Waals surface area contributed by atoms with Gasteiger partial charge in [-0.2, -0.15) is 0 Å². The van der Waals surface area contributed by atoms with Gasteiger partial charge in [0.05, 0.1) is 0 Å². The summed E-state index contributed by atoms with van der Waals surface area (Å²) in [4.78, 5) is 28.8. The molecule has 0 unspecified atom stereocenters. The fraction of sp³-hybridized carbons (Fsp3) is 0.286. The topological polar surface area (TPSA) is 112 Å². The van der Waals surface area contributed by atoms with Gasteiger partial charge in [0.15, 0.2) is 5.92 Å². The number of carboxylic acids is 3. The molecular weight excluding hydrogens is 180 g/mol. The largest absolute Gasteiger partial charge is 0.481 e. The first kappa shape index (κ1) is 13.7. The van der Waals surface area contributed by atoms with E-state index in [1.165, 1.54) is 0 Å². The Morgan fingerprint density at radius 1 is 1.15 bits per heavy atom. The highest BCUT2D eigenvalue weighted by Crippen LogP contribution is 1.96. The Bertz CT molecular complexity index is 201. The fourth-order valence-corrected chi connectivity index (χ4v) is 0.307. The van der Waals surface area contributed by atoms with E-state index in [1.54, 1.807) is 0 Å². The van der Waals surface area contributed by atoms with Crippen molar-refractivity contribution in [3.05, 3.63) is 12.7 Å². The van der Waals surface area contributed by atoms with E-state index >= 15 is 0 Å². The molecule has 6 heteroatoms. The van der Waals surface area contributed by atoms with Crippen LogP contribution in [-0.2, 0) is 14.4 Å². The number of hydrogen-bond acceptors (Lipinski definition) is 3. The van der Waals surface area contributed by atoms with E-state index in [0.29, 0.717) is 0 Å². The molecule has 0 aromatic carbocycles. The quantitative estimate of drug-likeness (QED) is 0.428. The van der Waals surface area contributed by atoms with Crippen molar-refractivity contribution in [1.82, 2.24) is 0 Å². The molecule has 0 aromatic rings. The molecular formula is C7H10O6. The highest BCUT2D eigenvalue weighted by molar-refractivity contribution is 5.94. The molecule has 0 radical (unpaired) electrons. The van der Waals surface area contributed by atoms with Crippen LogP contribution < -0.4 is 0 Å². The second-order valence-corrected chi connectivity index (χ2v) is 1.91. The lowest BCUT2D eigenvalue weighted by atomic mass is 10.1. The summed E-state index contributed by atoms with van der Waals surface area (Å²) in [6.07, 6.45) is 0.866. The smallest absolute Gasteiger partial charge is 0.321 e. The average Bonchev–Trinajstić information content (AvgIpc) is 1.84. The van der Waals surface area contributed by atoms with Crippen LogP contribution in [0.4, 0.5) is 0 Å². The summed E-state index contributed by atoms with van der Waals surface area (Å²) >= 11 is 0. The minimum atomic E-state index is -1.48. The van der Waals surface area contributed by atoms with Crippen molar-refractivity contribution in [2.24, 2.45) is 5.92 Å². The minimum Gasteiger partial charge on any atom is -0.481 e. The maximum Gasteiger partial charge on any atom is 0.321 e. The van der Waals surface area contributed by atoms with Gasteiger partial charge in [-0.15, -0.1) is 6.58 Å². The third-order valence-electron chi connectivity index (χ3n) is 0.768. The fourth-order valence-electron chi connectivity index (χ4n) is 0.307. The monoisotopic (exact) mass is 190 g/mol. The second-order valence-electron chi connectivity index (χ2n) is 1.91. The molecule has 0 bridgehead atoms. The highest BCUT2D eigenvalue weighted by Gasteiger charge is 2.20. The second kappa shape index (κ2) is 6.84. The highest BCUT2D eigenvalue weighted by atomic mass is 16.4. The van der Waals surface area contributed by atoms with Crippen LogP contribution >= 0.6 is 0 Å². The van der Waals surface area contributed by atoms with Gasteiger partial charge in [0, 0.05) is 6.92 Å². The van der Waals surface area contributed by atoms with Crippen LogP contribution in [0.3, 0.4) is 0 Å². The first-order valence-corrected chi connectivity index (χ1v) is 3.10. The van der Waals surface area contributed by atoms with Crippen LogP contribution in [0.1, 0.15) is 6.92 Å². The van der Waals surface area contributed by atoms with Gasteiger partial charge in [0.25, 0.3) is 5.97 Å². The van der Waals surface area contributed by atoms with Crippen LogP contribution in [0.25, 0.3) is 0 Å². The average molecular weight is 190 g/mol. The van der Waals surface area contributed by atoms with E-state index in [4.69, 9.17) is 20.1 Å². The van der Waals surface area contributed by atoms with Gasteiger partial charge in [-0.1, -0.05) is 6.08 Å². The van der Waals surface area contributed by atoms with E-state index in [9.17, 15) is 9.59 Å². The van der Waals surface area contributed by atoms with Crippen molar-refractivity contribution < 1.29 is 29.7 Å². The number of aliphatic carboxylic acids is 3. The minimum absolute atomic E-state index is 0.833. The molecule has 3 N–H and O–H groups in total. The molecule has 0 aliphatic rings. The van der Waals surface area contributed by atoms with E-state index in [2.05, 4.69) is 6.58 Å². The Morgan fingerprint density at radius 2 is 1.38 bits per heavy atom. The predicted molar refractivity (Wildman–Crippen MR) is 42.3 cm³/mol. The molecule has 13 heavy (non-hydrogen) atoms. The lowest BCUT2D eigenvalue weighted by Gasteiger charge is -1.96. The summed E-state index contributed by atoms with van der Waals surface area (Å²) < 4.78 is 0. The van der Waals surface area contributed by atoms with Crippen molar-refractivity contribution in [3.8, 4) is 0 Å². The van der Waals surface area contributed by atoms with E-state index in [0.717, 1.165) is 13.0 Å². The number of hydrogen-bond donors (Lipinski definition) is 3. The van der Waals surface area contributed by atoms with Crippen molar-refractivity contribution in [1.29, 1.82) is 0 Å². The van der Waals surface area contributed by atoms with Crippen molar-refractivity contribution in [3.63, 3.8) is 0 Å². The molecule has 0 saturated heterocycles. The normalized spacial score (nSPS) is 8.15. The summed E-state index contributed by atoms with van der Waals surface area (Å²) in [5, 5.41) is 23.6. The molecule has 0 saturated carbocycles. The van der Waals surface area contributed by atoms with Crippen molar-refractivity contribution >= 4 is 17.9 Å². The van der Waals surface area contributed by atoms with Gasteiger partial charge < -0.3 is 15.3 Å². The number of carboxylic acid groups (broad SMARTS) is 3. The number of rotatable bonds is 3. The molecule has 0 aliphatic carbocycles. The Hall–Kier alpha value is -1.85. The Balaban J connectivity index is 0. The molecule has 74 valence electrons. The van der Waals surface area contributed by atoms with Gasteiger partial charge >= 0.3 is 11.9 Å². The van der Waals surface area contributed by atoms with Gasteiger partial charge in [0.1, 0.15) is 0 Å². The number of carbonyl (C=O) groups is 3. The van der Waals surface area contributed by atoms with Crippen LogP contribution in [0.2, 0.25) is 0 Å². The van der Waals surface area contributed by atoms with E-state index in [-0.39, 0.29) is 0 Å². The zero-order chi connectivity index (χ0) is 11.0. The molecule has 0 spiro atoms. The molecule has 0 amide bonds. The van der Waals surface area contributed by atoms with Gasteiger partial charge in [0.2, 0.25) is 0 Å². The molecule has 0 aromatic heterocycles. The van der Waals surface area contributed by atoms with Gasteiger partial charge in [-0.25, -0.2) is 0 Å². The molecule has 0 rings (SSSR count). The van der Waals surface area contributed by atoms with Crippen LogP contribution in [0, 0.1) is 5.92 Å². The standard InChI is InChI=1S/C5H6O4.C2H4O2/c1-2-3(4(6)7)5(8)9;1-2(3)4/h2-3H,1H2,(H,6,7)(H,8,9);1H3,(H,3,4). The molecule has 0 fully saturated rings. The Kier molecular flexibility index (Phi) is 7.21. The van der Waals surface area contributed by atoms with Gasteiger partial charge in [-0.05, 0) is 0 Å². The lowest BCUT2D eigenvalue weighted by Crippen LogP contribution is -2.20. The zero-order valence-electron chi connectivity index (χ0n) is 6.93. The molecule has 0 atom stereocenters. The first-order chi connectivity index (χ1) is 5.82. The van der Waals surface area contributed by atoms with Crippen LogP contribution in [-0.4, -0.2) is 33.2 Å². The third-order valence-corrected chi connectivity index (χ3v) is 0.768. The van der Waals surface area contributed by atoms with E-state index in [1.807, 2.05) is 0 Å². The van der Waals surface area contributed by atoms with Crippen LogP contribution in [0.5, 0.6) is 0 Å². The summed E-state index contributed by atoms with van der Waals surface area (Å²) in [5.74, 6) is -5.10. The molecule has 6 nitrogen and oxygen atoms in total. The van der Waals surface area contributed by atoms with Crippen LogP contribution in [0.15, 0.2) is 12.7 Å². The summed E-state index contributed by atoms with van der Waals surface area (Å²) in [6, 6.07) is 0. The maximum absolute atomic E-state index is 9.92. The summed E-state index contributed by atoms with van der Waals surface area (Å²) in [6.45, 7) is 4.13. The Labute approximate surface area is 74.1 Å². The maximum atomic E-state index is 9.92. The Morgan fingerprint density at radius 3 is 1.38 bits per heavy atom.